The molecule has 1 unspecified atom stereocenters. The highest BCUT2D eigenvalue weighted by Gasteiger charge is 2.26. The Labute approximate surface area is 127 Å². The van der Waals surface area contributed by atoms with Crippen molar-refractivity contribution in [2.45, 2.75) is 38.6 Å². The normalized spacial score (nSPS) is 23.1. The van der Waals surface area contributed by atoms with Gasteiger partial charge in [-0.15, -0.1) is 11.3 Å². The maximum atomic E-state index is 4.68. The van der Waals surface area contributed by atoms with E-state index < -0.39 is 0 Å². The van der Waals surface area contributed by atoms with Crippen LogP contribution in [0.25, 0.3) is 10.2 Å². The van der Waals surface area contributed by atoms with Crippen molar-refractivity contribution >= 4 is 39.1 Å². The number of anilines is 1. The van der Waals surface area contributed by atoms with Crippen molar-refractivity contribution in [2.75, 3.05) is 23.0 Å². The molecule has 1 aliphatic heterocycles. The maximum absolute atomic E-state index is 4.68. The van der Waals surface area contributed by atoms with Crippen LogP contribution in [0.5, 0.6) is 0 Å². The van der Waals surface area contributed by atoms with Crippen molar-refractivity contribution in [3.05, 3.63) is 16.8 Å². The number of hydrogen-bond acceptors (Lipinski definition) is 5. The zero-order valence-electron chi connectivity index (χ0n) is 11.8. The minimum atomic E-state index is 0.583. The van der Waals surface area contributed by atoms with Crippen LogP contribution in [-0.4, -0.2) is 34.1 Å². The molecule has 2 aromatic heterocycles. The predicted molar refractivity (Wildman–Crippen MR) is 88.2 cm³/mol. The van der Waals surface area contributed by atoms with Crippen molar-refractivity contribution in [2.24, 2.45) is 0 Å². The third-order valence-electron chi connectivity index (χ3n) is 4.44. The number of rotatable bonds is 1. The Kier molecular flexibility index (Phi) is 3.34. The van der Waals surface area contributed by atoms with Gasteiger partial charge in [0, 0.05) is 23.2 Å². The van der Waals surface area contributed by atoms with E-state index in [1.807, 2.05) is 11.3 Å². The van der Waals surface area contributed by atoms with Crippen molar-refractivity contribution < 1.29 is 0 Å². The van der Waals surface area contributed by atoms with Gasteiger partial charge >= 0.3 is 0 Å². The van der Waals surface area contributed by atoms with Gasteiger partial charge in [0.2, 0.25) is 0 Å². The second kappa shape index (κ2) is 5.19. The molecule has 4 rings (SSSR count). The zero-order chi connectivity index (χ0) is 13.5. The minimum Gasteiger partial charge on any atom is -0.352 e. The van der Waals surface area contributed by atoms with E-state index in [1.54, 1.807) is 16.8 Å². The first-order chi connectivity index (χ1) is 9.84. The summed E-state index contributed by atoms with van der Waals surface area (Å²) in [5.74, 6) is 3.68. The largest absolute Gasteiger partial charge is 0.352 e. The van der Waals surface area contributed by atoms with Gasteiger partial charge in [-0.05, 0) is 43.9 Å². The molecule has 1 aliphatic carbocycles. The van der Waals surface area contributed by atoms with E-state index >= 15 is 0 Å². The highest BCUT2D eigenvalue weighted by Crippen LogP contribution is 2.40. The lowest BCUT2D eigenvalue weighted by Gasteiger charge is -2.28. The molecule has 0 amide bonds. The van der Waals surface area contributed by atoms with E-state index in [4.69, 9.17) is 0 Å². The first kappa shape index (κ1) is 12.9. The standard InChI is InChI=1S/C15H19N3S2/c1-10-5-7-19-8-6-18(10)14-13-11-3-2-4-12(11)20-15(13)17-9-16-14/h9-10H,2-8H2,1H3. The number of nitrogens with zero attached hydrogens (tertiary/aromatic N) is 3. The second-order valence-electron chi connectivity index (χ2n) is 5.68. The van der Waals surface area contributed by atoms with Crippen molar-refractivity contribution in [3.63, 3.8) is 0 Å². The SMILES string of the molecule is CC1CCSCCN1c1ncnc2sc3c(c12)CCC3. The number of aryl methyl sites for hydroxylation is 2. The van der Waals surface area contributed by atoms with Crippen LogP contribution in [0.15, 0.2) is 6.33 Å². The van der Waals surface area contributed by atoms with E-state index in [0.29, 0.717) is 6.04 Å². The fourth-order valence-corrected chi connectivity index (χ4v) is 5.60. The molecule has 0 spiro atoms. The van der Waals surface area contributed by atoms with Gasteiger partial charge in [0.25, 0.3) is 0 Å². The van der Waals surface area contributed by atoms with Crippen LogP contribution in [0.4, 0.5) is 5.82 Å². The van der Waals surface area contributed by atoms with Gasteiger partial charge in [-0.3, -0.25) is 0 Å². The molecule has 0 saturated carbocycles. The third-order valence-corrected chi connectivity index (χ3v) is 6.64. The molecule has 20 heavy (non-hydrogen) atoms. The Hall–Kier alpha value is -0.810. The van der Waals surface area contributed by atoms with Crippen LogP contribution in [0.3, 0.4) is 0 Å². The Morgan fingerprint density at radius 2 is 2.20 bits per heavy atom. The molecule has 2 aromatic rings. The van der Waals surface area contributed by atoms with E-state index in [1.165, 1.54) is 53.2 Å². The second-order valence-corrected chi connectivity index (χ2v) is 7.99. The number of hydrogen-bond donors (Lipinski definition) is 0. The van der Waals surface area contributed by atoms with Gasteiger partial charge in [-0.2, -0.15) is 11.8 Å². The summed E-state index contributed by atoms with van der Waals surface area (Å²) in [5.41, 5.74) is 1.55. The van der Waals surface area contributed by atoms with Crippen LogP contribution in [0.2, 0.25) is 0 Å². The number of thiophene rings is 1. The zero-order valence-corrected chi connectivity index (χ0v) is 13.4. The summed E-state index contributed by atoms with van der Waals surface area (Å²) in [7, 11) is 0. The Balaban J connectivity index is 1.86. The van der Waals surface area contributed by atoms with E-state index in [9.17, 15) is 0 Å². The van der Waals surface area contributed by atoms with E-state index in [-0.39, 0.29) is 0 Å². The Morgan fingerprint density at radius 3 is 3.15 bits per heavy atom. The van der Waals surface area contributed by atoms with Gasteiger partial charge < -0.3 is 4.90 Å². The molecule has 0 N–H and O–H groups in total. The molecule has 3 heterocycles. The van der Waals surface area contributed by atoms with Gasteiger partial charge in [0.05, 0.1) is 5.39 Å². The highest BCUT2D eigenvalue weighted by molar-refractivity contribution is 7.99. The van der Waals surface area contributed by atoms with E-state index in [2.05, 4.69) is 33.6 Å². The van der Waals surface area contributed by atoms with Gasteiger partial charge in [0.1, 0.15) is 17.0 Å². The summed E-state index contributed by atoms with van der Waals surface area (Å²) in [4.78, 5) is 14.5. The average Bonchev–Trinajstić information content (AvgIpc) is 2.96. The molecular formula is C15H19N3S2. The molecule has 1 saturated heterocycles. The van der Waals surface area contributed by atoms with Crippen LogP contribution >= 0.6 is 23.1 Å². The van der Waals surface area contributed by atoms with E-state index in [0.717, 1.165) is 6.54 Å². The molecule has 1 atom stereocenters. The van der Waals surface area contributed by atoms with Crippen molar-refractivity contribution in [1.82, 2.24) is 9.97 Å². The summed E-state index contributed by atoms with van der Waals surface area (Å²) in [6.07, 6.45) is 6.77. The molecule has 1 fully saturated rings. The molecule has 0 radical (unpaired) electrons. The van der Waals surface area contributed by atoms with Gasteiger partial charge in [-0.25, -0.2) is 9.97 Å². The first-order valence-corrected chi connectivity index (χ1v) is 9.41. The Bertz CT molecular complexity index is 637. The average molecular weight is 305 g/mol. The van der Waals surface area contributed by atoms with Crippen molar-refractivity contribution in [3.8, 4) is 0 Å². The van der Waals surface area contributed by atoms with Crippen molar-refractivity contribution in [1.29, 1.82) is 0 Å². The van der Waals surface area contributed by atoms with Crippen LogP contribution in [0.1, 0.15) is 30.2 Å². The summed E-state index contributed by atoms with van der Waals surface area (Å²) in [5, 5.41) is 1.36. The molecule has 106 valence electrons. The minimum absolute atomic E-state index is 0.583. The fraction of sp³-hybridized carbons (Fsp3) is 0.600. The van der Waals surface area contributed by atoms with Crippen LogP contribution in [0, 0.1) is 0 Å². The summed E-state index contributed by atoms with van der Waals surface area (Å²) in [6, 6.07) is 0.583. The number of aromatic nitrogens is 2. The smallest absolute Gasteiger partial charge is 0.141 e. The van der Waals surface area contributed by atoms with Gasteiger partial charge in [-0.1, -0.05) is 0 Å². The lowest BCUT2D eigenvalue weighted by Crippen LogP contribution is -2.34. The summed E-state index contributed by atoms with van der Waals surface area (Å²) < 4.78 is 0. The Morgan fingerprint density at radius 1 is 1.25 bits per heavy atom. The first-order valence-electron chi connectivity index (χ1n) is 7.44. The topological polar surface area (TPSA) is 29.0 Å². The van der Waals surface area contributed by atoms with Crippen LogP contribution < -0.4 is 4.90 Å². The molecule has 2 aliphatic rings. The highest BCUT2D eigenvalue weighted by atomic mass is 32.2. The van der Waals surface area contributed by atoms with Gasteiger partial charge in [0.15, 0.2) is 0 Å². The molecule has 0 bridgehead atoms. The third kappa shape index (κ3) is 2.02. The maximum Gasteiger partial charge on any atom is 0.141 e. The van der Waals surface area contributed by atoms with Crippen LogP contribution in [-0.2, 0) is 12.8 Å². The molecular weight excluding hydrogens is 286 g/mol. The summed E-state index contributed by atoms with van der Waals surface area (Å²) in [6.45, 7) is 3.45. The lowest BCUT2D eigenvalue weighted by molar-refractivity contribution is 0.640. The summed E-state index contributed by atoms with van der Waals surface area (Å²) >= 11 is 3.96. The number of fused-ring (bicyclic) bond motifs is 3. The fourth-order valence-electron chi connectivity index (χ4n) is 3.34. The molecule has 3 nitrogen and oxygen atoms in total. The number of thioether (sulfide) groups is 1. The monoisotopic (exact) mass is 305 g/mol. The lowest BCUT2D eigenvalue weighted by atomic mass is 10.1. The predicted octanol–water partition coefficient (Wildman–Crippen LogP) is 3.51. The molecule has 0 aromatic carbocycles. The molecule has 5 heteroatoms. The quantitative estimate of drug-likeness (QED) is 0.806.